The Balaban J connectivity index is 1.62. The highest BCUT2D eigenvalue weighted by Gasteiger charge is 2.29. The van der Waals surface area contributed by atoms with Crippen molar-refractivity contribution in [3.63, 3.8) is 0 Å². The summed E-state index contributed by atoms with van der Waals surface area (Å²) in [5.41, 5.74) is 5.43. The molecule has 1 aromatic heterocycles. The van der Waals surface area contributed by atoms with Crippen molar-refractivity contribution >= 4 is 10.9 Å². The van der Waals surface area contributed by atoms with E-state index in [1.807, 2.05) is 0 Å². The topological polar surface area (TPSA) is 37.5 Å². The van der Waals surface area contributed by atoms with Crippen LogP contribution in [0.4, 0.5) is 0 Å². The number of nitrogens with one attached hydrogen (secondary N) is 1. The first-order valence-electron chi connectivity index (χ1n) is 9.68. The zero-order chi connectivity index (χ0) is 18.8. The summed E-state index contributed by atoms with van der Waals surface area (Å²) in [6, 6.07) is 8.93. The molecule has 0 unspecified atom stereocenters. The number of fused-ring (bicyclic) bond motifs is 2. The quantitative estimate of drug-likeness (QED) is 0.845. The predicted molar refractivity (Wildman–Crippen MR) is 109 cm³/mol. The van der Waals surface area contributed by atoms with Gasteiger partial charge in [0, 0.05) is 36.1 Å². The molecule has 2 heterocycles. The number of methoxy groups -OCH3 is 2. The molecule has 0 saturated carbocycles. The van der Waals surface area contributed by atoms with E-state index in [0.29, 0.717) is 6.04 Å². The molecule has 1 atom stereocenters. The van der Waals surface area contributed by atoms with E-state index in [0.717, 1.165) is 43.7 Å². The highest BCUT2D eigenvalue weighted by Crippen LogP contribution is 2.35. The Morgan fingerprint density at radius 3 is 2.85 bits per heavy atom. The summed E-state index contributed by atoms with van der Waals surface area (Å²) in [7, 11) is 5.68. The molecule has 4 rings (SSSR count). The third-order valence-electron chi connectivity index (χ3n) is 5.92. The van der Waals surface area contributed by atoms with Gasteiger partial charge in [-0.2, -0.15) is 0 Å². The number of aromatic amines is 1. The van der Waals surface area contributed by atoms with Gasteiger partial charge in [-0.25, -0.2) is 0 Å². The first-order chi connectivity index (χ1) is 13.2. The van der Waals surface area contributed by atoms with Crippen LogP contribution in [0.3, 0.4) is 0 Å². The molecule has 1 aromatic carbocycles. The van der Waals surface area contributed by atoms with Gasteiger partial charge in [0.25, 0.3) is 0 Å². The summed E-state index contributed by atoms with van der Waals surface area (Å²) in [5.74, 6) is 1.76. The van der Waals surface area contributed by atoms with Crippen LogP contribution in [0.2, 0.25) is 0 Å². The van der Waals surface area contributed by atoms with E-state index in [1.54, 1.807) is 14.2 Å². The number of hydrogen-bond acceptors (Lipinski definition) is 3. The molecule has 1 N–H and O–H groups in total. The zero-order valence-corrected chi connectivity index (χ0v) is 16.4. The average Bonchev–Trinajstić information content (AvgIpc) is 3.01. The number of allylic oxidation sites excluding steroid dienone is 2. The van der Waals surface area contributed by atoms with Gasteiger partial charge in [0.2, 0.25) is 0 Å². The fourth-order valence-electron chi connectivity index (χ4n) is 4.36. The van der Waals surface area contributed by atoms with Crippen molar-refractivity contribution in [3.05, 3.63) is 70.8 Å². The second kappa shape index (κ2) is 7.65. The summed E-state index contributed by atoms with van der Waals surface area (Å²) < 4.78 is 11.2. The molecule has 0 spiro atoms. The Morgan fingerprint density at radius 1 is 1.19 bits per heavy atom. The maximum Gasteiger partial charge on any atom is 0.157 e. The fourth-order valence-corrected chi connectivity index (χ4v) is 4.36. The van der Waals surface area contributed by atoms with Gasteiger partial charge in [0.1, 0.15) is 5.76 Å². The number of aryl methyl sites for hydroxylation is 1. The van der Waals surface area contributed by atoms with E-state index in [1.165, 1.54) is 27.6 Å². The molecule has 4 heteroatoms. The van der Waals surface area contributed by atoms with Gasteiger partial charge < -0.3 is 14.5 Å². The number of likely N-dealkylation sites (tertiary alicyclic amines) is 1. The van der Waals surface area contributed by atoms with Crippen LogP contribution in [0.1, 0.15) is 24.8 Å². The average molecular weight is 364 g/mol. The van der Waals surface area contributed by atoms with Crippen molar-refractivity contribution in [2.45, 2.75) is 31.7 Å². The van der Waals surface area contributed by atoms with Gasteiger partial charge in [-0.3, -0.25) is 4.90 Å². The number of likely N-dealkylation sites (N-methyl/N-ethyl adjacent to an activating group) is 1. The van der Waals surface area contributed by atoms with Crippen molar-refractivity contribution < 1.29 is 9.47 Å². The normalized spacial score (nSPS) is 20.8. The molecule has 1 aliphatic carbocycles. The van der Waals surface area contributed by atoms with Crippen molar-refractivity contribution in [1.82, 2.24) is 9.88 Å². The molecule has 2 aliphatic rings. The summed E-state index contributed by atoms with van der Waals surface area (Å²) in [6.07, 6.45) is 10.7. The number of hydrogen-bond donors (Lipinski definition) is 1. The smallest absolute Gasteiger partial charge is 0.157 e. The predicted octanol–water partition coefficient (Wildman–Crippen LogP) is 4.57. The third kappa shape index (κ3) is 3.42. The van der Waals surface area contributed by atoms with E-state index in [4.69, 9.17) is 9.47 Å². The highest BCUT2D eigenvalue weighted by atomic mass is 16.5. The second-order valence-corrected chi connectivity index (χ2v) is 7.37. The molecule has 0 amide bonds. The van der Waals surface area contributed by atoms with Crippen LogP contribution in [0.15, 0.2) is 65.3 Å². The summed E-state index contributed by atoms with van der Waals surface area (Å²) >= 11 is 0. The molecule has 1 fully saturated rings. The molecule has 27 heavy (non-hydrogen) atoms. The van der Waals surface area contributed by atoms with E-state index in [9.17, 15) is 0 Å². The molecule has 142 valence electrons. The number of rotatable bonds is 5. The van der Waals surface area contributed by atoms with E-state index < -0.39 is 0 Å². The number of aromatic nitrogens is 1. The lowest BCUT2D eigenvalue weighted by Crippen LogP contribution is -2.39. The van der Waals surface area contributed by atoms with E-state index >= 15 is 0 Å². The monoisotopic (exact) mass is 364 g/mol. The minimum Gasteiger partial charge on any atom is -0.497 e. The first-order valence-corrected chi connectivity index (χ1v) is 9.68. The van der Waals surface area contributed by atoms with Crippen molar-refractivity contribution in [3.8, 4) is 0 Å². The number of ether oxygens (including phenoxy) is 2. The minimum atomic E-state index is 0.389. The van der Waals surface area contributed by atoms with Gasteiger partial charge in [-0.1, -0.05) is 24.3 Å². The van der Waals surface area contributed by atoms with E-state index in [2.05, 4.69) is 59.5 Å². The molecule has 2 aromatic rings. The van der Waals surface area contributed by atoms with Crippen LogP contribution in [0.25, 0.3) is 10.9 Å². The van der Waals surface area contributed by atoms with Gasteiger partial charge >= 0.3 is 0 Å². The van der Waals surface area contributed by atoms with Crippen LogP contribution in [0.5, 0.6) is 0 Å². The van der Waals surface area contributed by atoms with E-state index in [-0.39, 0.29) is 0 Å². The highest BCUT2D eigenvalue weighted by molar-refractivity contribution is 5.83. The SMILES string of the molecule is COC1=C(OC)CC=C2CCN(C)[C@@H](CCc3c[nH]c4ccccc34)C2=C1. The Bertz CT molecular complexity index is 919. The van der Waals surface area contributed by atoms with Crippen LogP contribution < -0.4 is 0 Å². The zero-order valence-electron chi connectivity index (χ0n) is 16.4. The lowest BCUT2D eigenvalue weighted by atomic mass is 9.87. The number of para-hydroxylation sites is 1. The third-order valence-corrected chi connectivity index (χ3v) is 5.92. The van der Waals surface area contributed by atoms with Gasteiger partial charge in [0.05, 0.1) is 14.2 Å². The standard InChI is InChI=1S/C23H28N2O2/c1-25-13-12-16-9-11-22(26-2)23(27-3)14-19(16)21(25)10-8-17-15-24-20-7-5-4-6-18(17)20/h4-7,9,14-15,21,24H,8,10-13H2,1-3H3/t21-/m0/s1. The van der Waals surface area contributed by atoms with Gasteiger partial charge in [0.15, 0.2) is 5.76 Å². The van der Waals surface area contributed by atoms with Crippen LogP contribution >= 0.6 is 0 Å². The fraction of sp³-hybridized carbons (Fsp3) is 0.391. The summed E-state index contributed by atoms with van der Waals surface area (Å²) in [4.78, 5) is 5.87. The number of H-pyrrole nitrogens is 1. The summed E-state index contributed by atoms with van der Waals surface area (Å²) in [6.45, 7) is 1.09. The number of nitrogens with zero attached hydrogens (tertiary/aromatic N) is 1. The lowest BCUT2D eigenvalue weighted by molar-refractivity contribution is 0.225. The summed E-state index contributed by atoms with van der Waals surface area (Å²) in [5, 5.41) is 1.33. The van der Waals surface area contributed by atoms with Crippen molar-refractivity contribution in [1.29, 1.82) is 0 Å². The molecule has 0 radical (unpaired) electrons. The second-order valence-electron chi connectivity index (χ2n) is 7.37. The maximum atomic E-state index is 5.64. The largest absolute Gasteiger partial charge is 0.497 e. The maximum absolute atomic E-state index is 5.64. The molecule has 0 bridgehead atoms. The van der Waals surface area contributed by atoms with Crippen LogP contribution in [-0.4, -0.2) is 43.7 Å². The molecular formula is C23H28N2O2. The van der Waals surface area contributed by atoms with Crippen LogP contribution in [-0.2, 0) is 15.9 Å². The Labute approximate surface area is 161 Å². The molecule has 1 aliphatic heterocycles. The minimum absolute atomic E-state index is 0.389. The molecular weight excluding hydrogens is 336 g/mol. The molecule has 1 saturated heterocycles. The van der Waals surface area contributed by atoms with Crippen molar-refractivity contribution in [2.75, 3.05) is 27.8 Å². The number of benzene rings is 1. The van der Waals surface area contributed by atoms with Crippen molar-refractivity contribution in [2.24, 2.45) is 0 Å². The molecule has 4 nitrogen and oxygen atoms in total. The lowest BCUT2D eigenvalue weighted by Gasteiger charge is -2.36. The van der Waals surface area contributed by atoms with Crippen LogP contribution in [0, 0.1) is 0 Å². The van der Waals surface area contributed by atoms with Gasteiger partial charge in [-0.15, -0.1) is 0 Å². The Kier molecular flexibility index (Phi) is 5.08. The van der Waals surface area contributed by atoms with Gasteiger partial charge in [-0.05, 0) is 55.2 Å². The number of piperidine rings is 1. The Morgan fingerprint density at radius 2 is 2.04 bits per heavy atom. The first kappa shape index (κ1) is 17.9. The Hall–Kier alpha value is -2.46.